The first-order valence-electron chi connectivity index (χ1n) is 6.16. The Hall–Kier alpha value is -2.20. The first-order chi connectivity index (χ1) is 9.17. The predicted molar refractivity (Wildman–Crippen MR) is 69.6 cm³/mol. The molecule has 19 heavy (non-hydrogen) atoms. The fourth-order valence-electron chi connectivity index (χ4n) is 2.33. The van der Waals surface area contributed by atoms with Crippen molar-refractivity contribution in [2.24, 2.45) is 11.7 Å². The third-order valence-electron chi connectivity index (χ3n) is 3.46. The van der Waals surface area contributed by atoms with Crippen molar-refractivity contribution in [3.8, 4) is 6.07 Å². The molecule has 1 aromatic heterocycles. The minimum atomic E-state index is -0.532. The molecule has 7 heteroatoms. The summed E-state index contributed by atoms with van der Waals surface area (Å²) in [5, 5.41) is 20.1. The van der Waals surface area contributed by atoms with Crippen LogP contribution < -0.4 is 10.6 Å². The predicted octanol–water partition coefficient (Wildman–Crippen LogP) is 1.04. The number of rotatable bonds is 3. The molecular weight excluding hydrogens is 246 g/mol. The quantitative estimate of drug-likeness (QED) is 0.643. The Kier molecular flexibility index (Phi) is 3.92. The van der Waals surface area contributed by atoms with E-state index in [0.717, 1.165) is 12.8 Å². The maximum Gasteiger partial charge on any atom is 0.329 e. The van der Waals surface area contributed by atoms with Gasteiger partial charge < -0.3 is 10.6 Å². The number of hydrogen-bond donors (Lipinski definition) is 1. The maximum atomic E-state index is 11.1. The highest BCUT2D eigenvalue weighted by Gasteiger charge is 2.28. The number of aromatic nitrogens is 1. The fraction of sp³-hybridized carbons (Fsp3) is 0.500. The summed E-state index contributed by atoms with van der Waals surface area (Å²) in [6, 6.07) is 3.22. The Bertz CT molecular complexity index is 517. The van der Waals surface area contributed by atoms with Crippen molar-refractivity contribution in [3.05, 3.63) is 27.9 Å². The highest BCUT2D eigenvalue weighted by Crippen LogP contribution is 2.31. The minimum absolute atomic E-state index is 0.0518. The molecule has 1 aliphatic heterocycles. The summed E-state index contributed by atoms with van der Waals surface area (Å²) in [5.41, 5.74) is 5.48. The van der Waals surface area contributed by atoms with Crippen molar-refractivity contribution in [3.63, 3.8) is 0 Å². The van der Waals surface area contributed by atoms with Gasteiger partial charge in [0.25, 0.3) is 0 Å². The molecule has 0 atom stereocenters. The van der Waals surface area contributed by atoms with E-state index < -0.39 is 4.92 Å². The van der Waals surface area contributed by atoms with Gasteiger partial charge in [0, 0.05) is 19.3 Å². The largest absolute Gasteiger partial charge is 0.351 e. The topological polar surface area (TPSA) is 109 Å². The minimum Gasteiger partial charge on any atom is -0.351 e. The molecule has 0 unspecified atom stereocenters. The van der Waals surface area contributed by atoms with Gasteiger partial charge >= 0.3 is 5.69 Å². The van der Waals surface area contributed by atoms with E-state index in [-0.39, 0.29) is 11.3 Å². The lowest BCUT2D eigenvalue weighted by Gasteiger charge is -2.31. The highest BCUT2D eigenvalue weighted by atomic mass is 16.6. The van der Waals surface area contributed by atoms with Gasteiger partial charge in [-0.05, 0) is 31.4 Å². The van der Waals surface area contributed by atoms with Gasteiger partial charge in [-0.15, -0.1) is 0 Å². The average Bonchev–Trinajstić information content (AvgIpc) is 2.46. The Morgan fingerprint density at radius 2 is 2.26 bits per heavy atom. The molecule has 0 spiro atoms. The van der Waals surface area contributed by atoms with Crippen LogP contribution in [-0.2, 0) is 0 Å². The molecule has 1 fully saturated rings. The van der Waals surface area contributed by atoms with Crippen molar-refractivity contribution in [2.45, 2.75) is 12.8 Å². The molecule has 0 bridgehead atoms. The second-order valence-electron chi connectivity index (χ2n) is 4.57. The molecule has 0 aliphatic carbocycles. The molecule has 2 heterocycles. The molecule has 1 aromatic rings. The van der Waals surface area contributed by atoms with Crippen LogP contribution >= 0.6 is 0 Å². The second-order valence-corrected chi connectivity index (χ2v) is 4.57. The van der Waals surface area contributed by atoms with Gasteiger partial charge in [0.15, 0.2) is 0 Å². The molecule has 0 saturated carbocycles. The van der Waals surface area contributed by atoms with Gasteiger partial charge in [0.1, 0.15) is 11.6 Å². The molecule has 1 saturated heterocycles. The molecule has 100 valence electrons. The lowest BCUT2D eigenvalue weighted by Crippen LogP contribution is -2.37. The molecule has 7 nitrogen and oxygen atoms in total. The summed E-state index contributed by atoms with van der Waals surface area (Å²) in [7, 11) is 0. The molecule has 0 radical (unpaired) electrons. The van der Waals surface area contributed by atoms with Crippen molar-refractivity contribution in [1.82, 2.24) is 4.98 Å². The first kappa shape index (κ1) is 13.2. The van der Waals surface area contributed by atoms with Crippen molar-refractivity contribution in [2.75, 3.05) is 24.5 Å². The molecule has 2 rings (SSSR count). The molecular formula is C12H15N5O2. The van der Waals surface area contributed by atoms with Crippen LogP contribution in [0.2, 0.25) is 0 Å². The SMILES string of the molecule is N#Cc1ccnc(N2CCC(CN)CC2)c1[N+](=O)[O-]. The van der Waals surface area contributed by atoms with Crippen LogP contribution in [0.5, 0.6) is 0 Å². The zero-order valence-electron chi connectivity index (χ0n) is 10.5. The molecule has 0 amide bonds. The summed E-state index contributed by atoms with van der Waals surface area (Å²) in [6.45, 7) is 2.01. The van der Waals surface area contributed by atoms with Gasteiger partial charge in [-0.2, -0.15) is 5.26 Å². The summed E-state index contributed by atoms with van der Waals surface area (Å²) in [6.07, 6.45) is 3.23. The number of pyridine rings is 1. The number of piperidine rings is 1. The van der Waals surface area contributed by atoms with Gasteiger partial charge in [-0.1, -0.05) is 0 Å². The normalized spacial score (nSPS) is 16.1. The Morgan fingerprint density at radius 1 is 1.58 bits per heavy atom. The van der Waals surface area contributed by atoms with Crippen LogP contribution in [0.4, 0.5) is 11.5 Å². The molecule has 1 aliphatic rings. The summed E-state index contributed by atoms with van der Waals surface area (Å²) in [4.78, 5) is 16.6. The molecule has 2 N–H and O–H groups in total. The van der Waals surface area contributed by atoms with Crippen LogP contribution in [-0.4, -0.2) is 29.5 Å². The Morgan fingerprint density at radius 3 is 2.79 bits per heavy atom. The zero-order chi connectivity index (χ0) is 13.8. The zero-order valence-corrected chi connectivity index (χ0v) is 10.5. The van der Waals surface area contributed by atoms with E-state index in [0.29, 0.717) is 31.4 Å². The van der Waals surface area contributed by atoms with Gasteiger partial charge in [0.2, 0.25) is 5.82 Å². The van der Waals surface area contributed by atoms with E-state index in [9.17, 15) is 10.1 Å². The van der Waals surface area contributed by atoms with Crippen molar-refractivity contribution < 1.29 is 4.92 Å². The Balaban J connectivity index is 2.31. The number of nitriles is 1. The fourth-order valence-corrected chi connectivity index (χ4v) is 2.33. The van der Waals surface area contributed by atoms with Gasteiger partial charge in [-0.25, -0.2) is 4.98 Å². The summed E-state index contributed by atoms with van der Waals surface area (Å²) < 4.78 is 0. The monoisotopic (exact) mass is 261 g/mol. The van der Waals surface area contributed by atoms with E-state index in [4.69, 9.17) is 11.0 Å². The van der Waals surface area contributed by atoms with E-state index in [1.807, 2.05) is 11.0 Å². The van der Waals surface area contributed by atoms with Crippen molar-refractivity contribution in [1.29, 1.82) is 5.26 Å². The third kappa shape index (κ3) is 2.63. The van der Waals surface area contributed by atoms with E-state index in [1.165, 1.54) is 12.3 Å². The van der Waals surface area contributed by atoms with Crippen LogP contribution in [0, 0.1) is 27.4 Å². The van der Waals surface area contributed by atoms with Crippen LogP contribution in [0.25, 0.3) is 0 Å². The van der Waals surface area contributed by atoms with E-state index in [2.05, 4.69) is 4.98 Å². The maximum absolute atomic E-state index is 11.1. The number of anilines is 1. The second kappa shape index (κ2) is 5.63. The smallest absolute Gasteiger partial charge is 0.329 e. The highest BCUT2D eigenvalue weighted by molar-refractivity contribution is 5.65. The molecule has 0 aromatic carbocycles. The van der Waals surface area contributed by atoms with Crippen LogP contribution in [0.1, 0.15) is 18.4 Å². The van der Waals surface area contributed by atoms with Crippen molar-refractivity contribution >= 4 is 11.5 Å². The number of nitro groups is 1. The number of hydrogen-bond acceptors (Lipinski definition) is 6. The van der Waals surface area contributed by atoms with Gasteiger partial charge in [0.05, 0.1) is 4.92 Å². The van der Waals surface area contributed by atoms with Gasteiger partial charge in [-0.3, -0.25) is 10.1 Å². The van der Waals surface area contributed by atoms with E-state index >= 15 is 0 Å². The first-order valence-corrected chi connectivity index (χ1v) is 6.16. The van der Waals surface area contributed by atoms with Crippen LogP contribution in [0.3, 0.4) is 0 Å². The number of nitrogens with two attached hydrogens (primary N) is 1. The number of nitrogens with zero attached hydrogens (tertiary/aromatic N) is 4. The average molecular weight is 261 g/mol. The summed E-state index contributed by atoms with van der Waals surface area (Å²) in [5.74, 6) is 0.758. The standard InChI is InChI=1S/C12H15N5O2/c13-7-9-2-5-16(6-3-9)12-11(17(18)19)10(8-14)1-4-15-12/h1,4,9H,2-3,5-7,13H2. The third-order valence-corrected chi connectivity index (χ3v) is 3.46. The Labute approximate surface area is 110 Å². The van der Waals surface area contributed by atoms with E-state index in [1.54, 1.807) is 0 Å². The van der Waals surface area contributed by atoms with Crippen LogP contribution in [0.15, 0.2) is 12.3 Å². The lowest BCUT2D eigenvalue weighted by atomic mass is 9.97. The summed E-state index contributed by atoms with van der Waals surface area (Å²) >= 11 is 0. The lowest BCUT2D eigenvalue weighted by molar-refractivity contribution is -0.384.